The number of amides is 2. The average Bonchev–Trinajstić information content (AvgIpc) is 3.48. The Labute approximate surface area is 218 Å². The van der Waals surface area contributed by atoms with Gasteiger partial charge in [-0.1, -0.05) is 30.3 Å². The fraction of sp³-hybridized carbons (Fsp3) is 0.433. The Bertz CT molecular complexity index is 1180. The molecule has 5 rings (SSSR count). The molecule has 7 heteroatoms. The summed E-state index contributed by atoms with van der Waals surface area (Å²) in [5.41, 5.74) is 3.81. The summed E-state index contributed by atoms with van der Waals surface area (Å²) >= 11 is 0. The van der Waals surface area contributed by atoms with Crippen LogP contribution in [0.4, 0.5) is 0 Å². The third-order valence-electron chi connectivity index (χ3n) is 7.62. The minimum atomic E-state index is -0.282. The van der Waals surface area contributed by atoms with Gasteiger partial charge in [-0.2, -0.15) is 0 Å². The predicted octanol–water partition coefficient (Wildman–Crippen LogP) is 3.32. The minimum absolute atomic E-state index is 0.0372. The molecule has 2 heterocycles. The van der Waals surface area contributed by atoms with Crippen LogP contribution in [-0.4, -0.2) is 66.9 Å². The Kier molecular flexibility index (Phi) is 7.99. The van der Waals surface area contributed by atoms with Crippen LogP contribution in [0.25, 0.3) is 6.08 Å². The van der Waals surface area contributed by atoms with E-state index >= 15 is 0 Å². The number of nitrogens with one attached hydrogen (secondary N) is 1. The second-order valence-corrected chi connectivity index (χ2v) is 10.1. The van der Waals surface area contributed by atoms with Crippen molar-refractivity contribution in [3.05, 3.63) is 70.8 Å². The molecule has 1 N–H and O–H groups in total. The lowest BCUT2D eigenvalue weighted by molar-refractivity contribution is -0.136. The molecule has 194 valence electrons. The molecule has 0 aromatic heterocycles. The first kappa shape index (κ1) is 25.2. The molecule has 2 amide bonds. The zero-order chi connectivity index (χ0) is 25.6. The average molecular weight is 502 g/mol. The second kappa shape index (κ2) is 11.7. The van der Waals surface area contributed by atoms with Crippen molar-refractivity contribution in [1.29, 1.82) is 0 Å². The van der Waals surface area contributed by atoms with E-state index in [1.165, 1.54) is 5.56 Å². The number of carbonyl (C=O) groups is 3. The molecular weight excluding hydrogens is 466 g/mol. The van der Waals surface area contributed by atoms with Gasteiger partial charge in [0.2, 0.25) is 11.8 Å². The van der Waals surface area contributed by atoms with Crippen molar-refractivity contribution < 1.29 is 19.1 Å². The molecule has 7 nitrogen and oxygen atoms in total. The second-order valence-electron chi connectivity index (χ2n) is 10.1. The van der Waals surface area contributed by atoms with E-state index in [1.807, 2.05) is 34.1 Å². The van der Waals surface area contributed by atoms with Crippen LogP contribution in [-0.2, 0) is 27.2 Å². The van der Waals surface area contributed by atoms with E-state index in [1.54, 1.807) is 24.3 Å². The molecule has 1 atom stereocenters. The van der Waals surface area contributed by atoms with Crippen molar-refractivity contribution in [2.75, 3.05) is 39.3 Å². The summed E-state index contributed by atoms with van der Waals surface area (Å²) in [5.74, 6) is -0.0880. The highest BCUT2D eigenvalue weighted by molar-refractivity contribution is 5.92. The minimum Gasteiger partial charge on any atom is -0.426 e. The number of rotatable bonds is 6. The summed E-state index contributed by atoms with van der Waals surface area (Å²) in [6, 6.07) is 13.5. The molecule has 2 aromatic carbocycles. The molecule has 37 heavy (non-hydrogen) atoms. The fourth-order valence-corrected chi connectivity index (χ4v) is 5.54. The van der Waals surface area contributed by atoms with Gasteiger partial charge in [0.15, 0.2) is 0 Å². The molecule has 0 radical (unpaired) electrons. The zero-order valence-electron chi connectivity index (χ0n) is 21.3. The van der Waals surface area contributed by atoms with E-state index in [9.17, 15) is 14.4 Å². The van der Waals surface area contributed by atoms with Gasteiger partial charge in [0.25, 0.3) is 0 Å². The van der Waals surface area contributed by atoms with E-state index in [0.717, 1.165) is 75.0 Å². The van der Waals surface area contributed by atoms with Crippen LogP contribution in [0.1, 0.15) is 53.9 Å². The number of carbonyl (C=O) groups excluding carboxylic acids is 3. The van der Waals surface area contributed by atoms with Crippen LogP contribution in [0.15, 0.2) is 48.5 Å². The van der Waals surface area contributed by atoms with Gasteiger partial charge in [0.05, 0.1) is 12.3 Å². The monoisotopic (exact) mass is 501 g/mol. The largest absolute Gasteiger partial charge is 0.426 e. The molecular formula is C30H35N3O4. The molecule has 0 bridgehead atoms. The smallest absolute Gasteiger partial charge is 0.318 e. The molecule has 1 aliphatic carbocycles. The van der Waals surface area contributed by atoms with Gasteiger partial charge in [-0.05, 0) is 72.6 Å². The topological polar surface area (TPSA) is 79.0 Å². The number of piperazine rings is 1. The van der Waals surface area contributed by atoms with Gasteiger partial charge in [-0.15, -0.1) is 0 Å². The third kappa shape index (κ3) is 6.10. The summed E-state index contributed by atoms with van der Waals surface area (Å²) in [4.78, 5) is 42.5. The van der Waals surface area contributed by atoms with Gasteiger partial charge in [-0.3, -0.25) is 14.4 Å². The Morgan fingerprint density at radius 3 is 2.54 bits per heavy atom. The van der Waals surface area contributed by atoms with Gasteiger partial charge in [0, 0.05) is 45.3 Å². The highest BCUT2D eigenvalue weighted by atomic mass is 16.5. The molecule has 2 aliphatic heterocycles. The van der Waals surface area contributed by atoms with Crippen molar-refractivity contribution in [3.8, 4) is 5.75 Å². The Hall–Kier alpha value is -3.45. The Morgan fingerprint density at radius 1 is 0.946 bits per heavy atom. The highest BCUT2D eigenvalue weighted by Crippen LogP contribution is 2.33. The number of hydrogen-bond acceptors (Lipinski definition) is 5. The van der Waals surface area contributed by atoms with Crippen molar-refractivity contribution >= 4 is 23.9 Å². The first-order valence-electron chi connectivity index (χ1n) is 13.5. The van der Waals surface area contributed by atoms with Crippen LogP contribution in [0.5, 0.6) is 5.75 Å². The quantitative estimate of drug-likeness (QED) is 0.373. The van der Waals surface area contributed by atoms with Crippen molar-refractivity contribution in [1.82, 2.24) is 15.1 Å². The van der Waals surface area contributed by atoms with Gasteiger partial charge in [-0.25, -0.2) is 0 Å². The summed E-state index contributed by atoms with van der Waals surface area (Å²) < 4.78 is 5.86. The lowest BCUT2D eigenvalue weighted by atomic mass is 9.83. The summed E-state index contributed by atoms with van der Waals surface area (Å²) in [5, 5.41) is 3.25. The Morgan fingerprint density at radius 2 is 1.73 bits per heavy atom. The summed E-state index contributed by atoms with van der Waals surface area (Å²) in [7, 11) is 0. The number of ether oxygens (including phenoxy) is 1. The van der Waals surface area contributed by atoms with Crippen LogP contribution in [0.2, 0.25) is 0 Å². The number of fused-ring (bicyclic) bond motifs is 1. The number of hydrogen-bond donors (Lipinski definition) is 1. The van der Waals surface area contributed by atoms with Crippen LogP contribution >= 0.6 is 0 Å². The van der Waals surface area contributed by atoms with Gasteiger partial charge in [0.1, 0.15) is 5.75 Å². The SMILES string of the molecule is O=C(Oc1ccc(C=CC(=O)N2CCNCC2)c(CC(=O)N2CCCC2)c1)C1CCCc2ccccc21. The fourth-order valence-electron chi connectivity index (χ4n) is 5.54. The normalized spacial score (nSPS) is 19.6. The molecule has 1 unspecified atom stereocenters. The van der Waals surface area contributed by atoms with E-state index in [4.69, 9.17) is 4.74 Å². The number of benzene rings is 2. The number of esters is 1. The summed E-state index contributed by atoms with van der Waals surface area (Å²) in [6.07, 6.45) is 8.32. The van der Waals surface area contributed by atoms with E-state index in [-0.39, 0.29) is 30.1 Å². The summed E-state index contributed by atoms with van der Waals surface area (Å²) in [6.45, 7) is 4.51. The molecule has 2 saturated heterocycles. The van der Waals surface area contributed by atoms with Gasteiger partial charge >= 0.3 is 5.97 Å². The predicted molar refractivity (Wildman–Crippen MR) is 142 cm³/mol. The maximum Gasteiger partial charge on any atom is 0.318 e. The van der Waals surface area contributed by atoms with E-state index < -0.39 is 0 Å². The molecule has 3 aliphatic rings. The third-order valence-corrected chi connectivity index (χ3v) is 7.62. The van der Waals surface area contributed by atoms with Crippen LogP contribution in [0.3, 0.4) is 0 Å². The van der Waals surface area contributed by atoms with Crippen molar-refractivity contribution in [2.24, 2.45) is 0 Å². The molecule has 2 aromatic rings. The van der Waals surface area contributed by atoms with Crippen molar-refractivity contribution in [2.45, 2.75) is 44.4 Å². The standard InChI is InChI=1S/C30H35N3O4/c34-28(33-18-14-31-15-19-33)13-11-22-10-12-25(20-24(22)21-29(35)32-16-3-4-17-32)37-30(36)27-9-5-7-23-6-1-2-8-26(23)27/h1-2,6,8,10-13,20,27,31H,3-5,7,9,14-19,21H2. The highest BCUT2D eigenvalue weighted by Gasteiger charge is 2.28. The number of likely N-dealkylation sites (tertiary alicyclic amines) is 1. The van der Waals surface area contributed by atoms with Crippen LogP contribution < -0.4 is 10.1 Å². The maximum absolute atomic E-state index is 13.2. The van der Waals surface area contributed by atoms with E-state index in [0.29, 0.717) is 18.8 Å². The maximum atomic E-state index is 13.2. The molecule has 0 saturated carbocycles. The van der Waals surface area contributed by atoms with Gasteiger partial charge < -0.3 is 19.9 Å². The first-order valence-corrected chi connectivity index (χ1v) is 13.5. The first-order chi connectivity index (χ1) is 18.1. The lowest BCUT2D eigenvalue weighted by Gasteiger charge is -2.26. The zero-order valence-corrected chi connectivity index (χ0v) is 21.3. The van der Waals surface area contributed by atoms with Crippen LogP contribution in [0, 0.1) is 0 Å². The van der Waals surface area contributed by atoms with Crippen molar-refractivity contribution in [3.63, 3.8) is 0 Å². The van der Waals surface area contributed by atoms with E-state index in [2.05, 4.69) is 11.4 Å². The molecule has 0 spiro atoms. The number of aryl methyl sites for hydroxylation is 1. The molecule has 2 fully saturated rings. The Balaban J connectivity index is 1.35. The number of nitrogens with zero attached hydrogens (tertiary/aromatic N) is 2. The lowest BCUT2D eigenvalue weighted by Crippen LogP contribution is -2.45.